The number of rotatable bonds is 5. The molecule has 2 heterocycles. The smallest absolute Gasteiger partial charge is 0.354 e. The first-order valence-corrected chi connectivity index (χ1v) is 11.1. The fourth-order valence-corrected chi connectivity index (χ4v) is 3.79. The summed E-state index contributed by atoms with van der Waals surface area (Å²) in [4.78, 5) is 31.4. The Hall–Kier alpha value is -3.62. The number of nitrogens with one attached hydrogen (secondary N) is 1. The minimum atomic E-state index is -1.06. The first kappa shape index (κ1) is 25.0. The Labute approximate surface area is 200 Å². The second kappa shape index (κ2) is 8.62. The molecule has 9 nitrogen and oxygen atoms in total. The van der Waals surface area contributed by atoms with Gasteiger partial charge in [0.05, 0.1) is 28.8 Å². The van der Waals surface area contributed by atoms with Gasteiger partial charge >= 0.3 is 5.97 Å². The Morgan fingerprint density at radius 2 is 1.68 bits per heavy atom. The van der Waals surface area contributed by atoms with Crippen LogP contribution in [-0.4, -0.2) is 50.4 Å². The lowest BCUT2D eigenvalue weighted by molar-refractivity contribution is 0.0687. The molecule has 0 saturated heterocycles. The van der Waals surface area contributed by atoms with Crippen LogP contribution in [0, 0.1) is 6.92 Å². The summed E-state index contributed by atoms with van der Waals surface area (Å²) >= 11 is 0. The Balaban J connectivity index is 2.08. The maximum atomic E-state index is 13.1. The molecule has 182 valence electrons. The maximum Gasteiger partial charge on any atom is 0.354 e. The van der Waals surface area contributed by atoms with Crippen LogP contribution >= 0.6 is 0 Å². The molecule has 3 rings (SSSR count). The third-order valence-electron chi connectivity index (χ3n) is 5.31. The van der Waals surface area contributed by atoms with Crippen LogP contribution in [0.3, 0.4) is 0 Å². The van der Waals surface area contributed by atoms with Crippen LogP contribution in [0.15, 0.2) is 30.5 Å². The van der Waals surface area contributed by atoms with Crippen molar-refractivity contribution in [2.24, 2.45) is 0 Å². The highest BCUT2D eigenvalue weighted by Gasteiger charge is 2.28. The average Bonchev–Trinajstić information content (AvgIpc) is 3.31. The van der Waals surface area contributed by atoms with E-state index in [9.17, 15) is 14.7 Å². The normalized spacial score (nSPS) is 12.0. The lowest BCUT2D eigenvalue weighted by Crippen LogP contribution is -2.29. The molecule has 0 aliphatic carbocycles. The number of imidazole rings is 1. The van der Waals surface area contributed by atoms with E-state index in [1.807, 2.05) is 73.5 Å². The van der Waals surface area contributed by atoms with Crippen LogP contribution in [0.5, 0.6) is 0 Å². The van der Waals surface area contributed by atoms with Crippen LogP contribution in [-0.2, 0) is 11.0 Å². The van der Waals surface area contributed by atoms with Gasteiger partial charge in [-0.05, 0) is 52.0 Å². The van der Waals surface area contributed by atoms with Crippen LogP contribution < -0.4 is 10.2 Å². The van der Waals surface area contributed by atoms with Crippen LogP contribution in [0.1, 0.15) is 74.0 Å². The van der Waals surface area contributed by atoms with Gasteiger partial charge in [0.2, 0.25) is 0 Å². The average molecular weight is 467 g/mol. The molecule has 0 bridgehead atoms. The Kier molecular flexibility index (Phi) is 6.34. The van der Waals surface area contributed by atoms with Crippen molar-refractivity contribution in [3.63, 3.8) is 0 Å². The monoisotopic (exact) mass is 466 g/mol. The van der Waals surface area contributed by atoms with Crippen molar-refractivity contribution < 1.29 is 14.7 Å². The second-order valence-electron chi connectivity index (χ2n) is 10.7. The predicted octanol–water partition coefficient (Wildman–Crippen LogP) is 4.45. The third kappa shape index (κ3) is 4.83. The maximum absolute atomic E-state index is 13.1. The summed E-state index contributed by atoms with van der Waals surface area (Å²) in [5, 5.41) is 17.2. The molecule has 1 amide bonds. The minimum absolute atomic E-state index is 0.0781. The SMILES string of the molecule is Cc1cc(C(=O)Nc2ccc(-n3c(C(=O)O)cnc3C(C)(C)C)c(N(C)C)c2)n(C(C)(C)C)n1. The second-order valence-corrected chi connectivity index (χ2v) is 10.7. The van der Waals surface area contributed by atoms with E-state index in [2.05, 4.69) is 15.4 Å². The lowest BCUT2D eigenvalue weighted by Gasteiger charge is -2.25. The van der Waals surface area contributed by atoms with Gasteiger partial charge < -0.3 is 15.3 Å². The lowest BCUT2D eigenvalue weighted by atomic mass is 9.95. The molecule has 1 aromatic carbocycles. The number of amides is 1. The van der Waals surface area contributed by atoms with Gasteiger partial charge in [-0.3, -0.25) is 14.0 Å². The molecule has 9 heteroatoms. The molecule has 0 aliphatic heterocycles. The van der Waals surface area contributed by atoms with Crippen molar-refractivity contribution in [2.45, 2.75) is 59.4 Å². The minimum Gasteiger partial charge on any atom is -0.477 e. The van der Waals surface area contributed by atoms with Crippen molar-refractivity contribution >= 4 is 23.3 Å². The van der Waals surface area contributed by atoms with E-state index in [0.29, 0.717) is 22.9 Å². The largest absolute Gasteiger partial charge is 0.477 e. The first-order valence-electron chi connectivity index (χ1n) is 11.1. The van der Waals surface area contributed by atoms with Gasteiger partial charge in [0.25, 0.3) is 5.91 Å². The molecule has 0 spiro atoms. The number of hydrogen-bond acceptors (Lipinski definition) is 5. The number of benzene rings is 1. The van der Waals surface area contributed by atoms with Crippen molar-refractivity contribution in [1.29, 1.82) is 0 Å². The number of aromatic carboxylic acids is 1. The molecule has 3 aromatic rings. The summed E-state index contributed by atoms with van der Waals surface area (Å²) in [6.07, 6.45) is 1.38. The quantitative estimate of drug-likeness (QED) is 0.576. The van der Waals surface area contributed by atoms with Gasteiger partial charge in [0, 0.05) is 25.2 Å². The Morgan fingerprint density at radius 3 is 2.21 bits per heavy atom. The van der Waals surface area contributed by atoms with Crippen molar-refractivity contribution in [1.82, 2.24) is 19.3 Å². The van der Waals surface area contributed by atoms with E-state index >= 15 is 0 Å². The summed E-state index contributed by atoms with van der Waals surface area (Å²) in [5.74, 6) is -0.692. The highest BCUT2D eigenvalue weighted by molar-refractivity contribution is 6.03. The molecule has 0 atom stereocenters. The number of carbonyl (C=O) groups is 2. The summed E-state index contributed by atoms with van der Waals surface area (Å²) < 4.78 is 3.39. The summed E-state index contributed by atoms with van der Waals surface area (Å²) in [5.41, 5.74) is 2.58. The van der Waals surface area contributed by atoms with Gasteiger partial charge in [-0.1, -0.05) is 20.8 Å². The molecule has 34 heavy (non-hydrogen) atoms. The molecule has 0 unspecified atom stereocenters. The van der Waals surface area contributed by atoms with Crippen molar-refractivity contribution in [3.05, 3.63) is 53.4 Å². The summed E-state index contributed by atoms with van der Waals surface area (Å²) in [6, 6.07) is 7.17. The van der Waals surface area contributed by atoms with Crippen LogP contribution in [0.25, 0.3) is 5.69 Å². The van der Waals surface area contributed by atoms with E-state index < -0.39 is 5.97 Å². The van der Waals surface area contributed by atoms with E-state index in [1.165, 1.54) is 6.20 Å². The number of aromatic nitrogens is 4. The zero-order valence-electron chi connectivity index (χ0n) is 21.4. The summed E-state index contributed by atoms with van der Waals surface area (Å²) in [6.45, 7) is 13.8. The van der Waals surface area contributed by atoms with Gasteiger partial charge in [-0.15, -0.1) is 0 Å². The molecular formula is C25H34N6O3. The standard InChI is InChI=1S/C25H34N6O3/c1-15-12-19(31(28-15)25(5,6)7)21(32)27-16-10-11-17(18(13-16)29(8)9)30-20(22(33)34)14-26-23(30)24(2,3)4/h10-14H,1-9H3,(H,27,32)(H,33,34). The fourth-order valence-electron chi connectivity index (χ4n) is 3.79. The van der Waals surface area contributed by atoms with Gasteiger partial charge in [-0.25, -0.2) is 9.78 Å². The highest BCUT2D eigenvalue weighted by atomic mass is 16.4. The fraction of sp³-hybridized carbons (Fsp3) is 0.440. The third-order valence-corrected chi connectivity index (χ3v) is 5.31. The van der Waals surface area contributed by atoms with Gasteiger partial charge in [0.1, 0.15) is 11.5 Å². The molecule has 0 radical (unpaired) electrons. The number of carbonyl (C=O) groups excluding carboxylic acids is 1. The predicted molar refractivity (Wildman–Crippen MR) is 133 cm³/mol. The number of carboxylic acids is 1. The molecule has 2 aromatic heterocycles. The first-order chi connectivity index (χ1) is 15.6. The van der Waals surface area contributed by atoms with E-state index in [-0.39, 0.29) is 22.6 Å². The van der Waals surface area contributed by atoms with Gasteiger partial charge in [0.15, 0.2) is 5.69 Å². The number of anilines is 2. The molecule has 2 N–H and O–H groups in total. The number of hydrogen-bond donors (Lipinski definition) is 2. The highest BCUT2D eigenvalue weighted by Crippen LogP contribution is 2.33. The zero-order valence-corrected chi connectivity index (χ0v) is 21.4. The topological polar surface area (TPSA) is 105 Å². The molecule has 0 aliphatic rings. The molecule has 0 fully saturated rings. The van der Waals surface area contributed by atoms with Crippen LogP contribution in [0.2, 0.25) is 0 Å². The zero-order chi connectivity index (χ0) is 25.6. The Bertz CT molecular complexity index is 1240. The van der Waals surface area contributed by atoms with Crippen molar-refractivity contribution in [3.8, 4) is 5.69 Å². The van der Waals surface area contributed by atoms with Gasteiger partial charge in [-0.2, -0.15) is 5.10 Å². The van der Waals surface area contributed by atoms with E-state index in [4.69, 9.17) is 0 Å². The number of carboxylic acid groups (broad SMARTS) is 1. The van der Waals surface area contributed by atoms with Crippen molar-refractivity contribution in [2.75, 3.05) is 24.3 Å². The van der Waals surface area contributed by atoms with E-state index in [0.717, 1.165) is 11.4 Å². The number of aryl methyl sites for hydroxylation is 1. The van der Waals surface area contributed by atoms with E-state index in [1.54, 1.807) is 27.4 Å². The Morgan fingerprint density at radius 1 is 1.03 bits per heavy atom. The molecular weight excluding hydrogens is 432 g/mol. The summed E-state index contributed by atoms with van der Waals surface area (Å²) in [7, 11) is 3.74. The van der Waals surface area contributed by atoms with Crippen LogP contribution in [0.4, 0.5) is 11.4 Å². The number of nitrogens with zero attached hydrogens (tertiary/aromatic N) is 5. The molecule has 0 saturated carbocycles.